The lowest BCUT2D eigenvalue weighted by atomic mass is 10.2. The van der Waals surface area contributed by atoms with E-state index in [2.05, 4.69) is 10.3 Å². The Morgan fingerprint density at radius 3 is 2.77 bits per heavy atom. The van der Waals surface area contributed by atoms with E-state index in [-0.39, 0.29) is 30.1 Å². The molecular weight excluding hydrogens is 335 g/mol. The molecule has 0 bridgehead atoms. The Labute approximate surface area is 149 Å². The maximum Gasteiger partial charge on any atom is 0.271 e. The molecule has 1 atom stereocenters. The van der Waals surface area contributed by atoms with E-state index in [0.717, 1.165) is 11.2 Å². The molecule has 1 fully saturated rings. The molecule has 0 spiro atoms. The molecule has 0 radical (unpaired) electrons. The number of carbonyl (C=O) groups is 2. The minimum Gasteiger partial charge on any atom is -0.346 e. The maximum atomic E-state index is 13.1. The van der Waals surface area contributed by atoms with Crippen molar-refractivity contribution in [3.63, 3.8) is 0 Å². The van der Waals surface area contributed by atoms with Gasteiger partial charge in [0.05, 0.1) is 6.04 Å². The van der Waals surface area contributed by atoms with Gasteiger partial charge in [0.15, 0.2) is 0 Å². The number of aromatic nitrogens is 2. The molecule has 2 aromatic heterocycles. The van der Waals surface area contributed by atoms with E-state index in [9.17, 15) is 14.0 Å². The van der Waals surface area contributed by atoms with Crippen molar-refractivity contribution in [1.82, 2.24) is 14.7 Å². The largest absolute Gasteiger partial charge is 0.346 e. The monoisotopic (exact) mass is 352 g/mol. The van der Waals surface area contributed by atoms with Crippen molar-refractivity contribution < 1.29 is 14.0 Å². The number of anilines is 1. The summed E-state index contributed by atoms with van der Waals surface area (Å²) in [6, 6.07) is 9.25. The van der Waals surface area contributed by atoms with Crippen LogP contribution in [0.3, 0.4) is 0 Å². The molecule has 26 heavy (non-hydrogen) atoms. The average Bonchev–Trinajstić information content (AvgIpc) is 3.20. The van der Waals surface area contributed by atoms with Crippen LogP contribution in [-0.4, -0.2) is 33.8 Å². The van der Waals surface area contributed by atoms with E-state index in [0.29, 0.717) is 17.9 Å². The van der Waals surface area contributed by atoms with Gasteiger partial charge in [-0.1, -0.05) is 6.07 Å². The third-order valence-electron chi connectivity index (χ3n) is 4.51. The highest BCUT2D eigenvalue weighted by Gasteiger charge is 2.32. The first-order valence-electron chi connectivity index (χ1n) is 8.32. The first kappa shape index (κ1) is 16.3. The summed E-state index contributed by atoms with van der Waals surface area (Å²) in [4.78, 5) is 30.7. The van der Waals surface area contributed by atoms with Gasteiger partial charge in [-0.05, 0) is 42.8 Å². The van der Waals surface area contributed by atoms with E-state index in [1.807, 2.05) is 25.3 Å². The Hall–Kier alpha value is -3.22. The average molecular weight is 352 g/mol. The van der Waals surface area contributed by atoms with Gasteiger partial charge in [-0.2, -0.15) is 0 Å². The zero-order valence-electron chi connectivity index (χ0n) is 14.1. The molecule has 1 aromatic carbocycles. The summed E-state index contributed by atoms with van der Waals surface area (Å²) in [5.74, 6) is -0.771. The van der Waals surface area contributed by atoms with Crippen molar-refractivity contribution in [2.75, 3.05) is 11.4 Å². The number of nitrogens with one attached hydrogen (secondary N) is 1. The standard InChI is InChI=1S/C19H17FN4O2/c1-12-3-2-8-23-11-16(22-18(12)23)19(26)21-14-9-17(25)24(10-14)15-6-4-13(20)5-7-15/h2-8,11,14H,9-10H2,1H3,(H,21,26)/t14-/m0/s1. The molecule has 3 aromatic rings. The molecule has 0 aliphatic carbocycles. The van der Waals surface area contributed by atoms with Gasteiger partial charge in [0, 0.05) is 31.0 Å². The fraction of sp³-hybridized carbons (Fsp3) is 0.211. The summed E-state index contributed by atoms with van der Waals surface area (Å²) >= 11 is 0. The number of benzene rings is 1. The number of hydrogen-bond acceptors (Lipinski definition) is 3. The molecule has 0 saturated carbocycles. The summed E-state index contributed by atoms with van der Waals surface area (Å²) < 4.78 is 14.9. The highest BCUT2D eigenvalue weighted by Crippen LogP contribution is 2.22. The Bertz CT molecular complexity index is 996. The Morgan fingerprint density at radius 2 is 2.04 bits per heavy atom. The Morgan fingerprint density at radius 1 is 1.27 bits per heavy atom. The summed E-state index contributed by atoms with van der Waals surface area (Å²) in [5, 5.41) is 2.87. The molecule has 1 saturated heterocycles. The lowest BCUT2D eigenvalue weighted by molar-refractivity contribution is -0.117. The number of amides is 2. The second-order valence-electron chi connectivity index (χ2n) is 6.40. The molecule has 6 nitrogen and oxygen atoms in total. The maximum absolute atomic E-state index is 13.1. The molecule has 0 unspecified atom stereocenters. The van der Waals surface area contributed by atoms with Gasteiger partial charge in [0.1, 0.15) is 17.2 Å². The van der Waals surface area contributed by atoms with Crippen LogP contribution in [0.15, 0.2) is 48.8 Å². The van der Waals surface area contributed by atoms with Gasteiger partial charge in [-0.3, -0.25) is 9.59 Å². The van der Waals surface area contributed by atoms with Crippen LogP contribution in [-0.2, 0) is 4.79 Å². The number of imidazole rings is 1. The van der Waals surface area contributed by atoms with E-state index < -0.39 is 0 Å². The number of carbonyl (C=O) groups excluding carboxylic acids is 2. The first-order valence-corrected chi connectivity index (χ1v) is 8.32. The molecule has 1 N–H and O–H groups in total. The smallest absolute Gasteiger partial charge is 0.271 e. The summed E-state index contributed by atoms with van der Waals surface area (Å²) in [6.07, 6.45) is 3.71. The predicted octanol–water partition coefficient (Wildman–Crippen LogP) is 2.32. The van der Waals surface area contributed by atoms with E-state index in [4.69, 9.17) is 0 Å². The molecule has 3 heterocycles. The topological polar surface area (TPSA) is 66.7 Å². The van der Waals surface area contributed by atoms with E-state index in [1.165, 1.54) is 12.1 Å². The number of pyridine rings is 1. The second kappa shape index (κ2) is 6.25. The van der Waals surface area contributed by atoms with Gasteiger partial charge in [-0.15, -0.1) is 0 Å². The second-order valence-corrected chi connectivity index (χ2v) is 6.40. The third kappa shape index (κ3) is 2.92. The van der Waals surface area contributed by atoms with Crippen LogP contribution in [0, 0.1) is 12.7 Å². The number of aryl methyl sites for hydroxylation is 1. The summed E-state index contributed by atoms with van der Waals surface area (Å²) in [6.45, 7) is 2.28. The molecule has 1 aliphatic heterocycles. The zero-order valence-corrected chi connectivity index (χ0v) is 14.1. The molecule has 132 valence electrons. The Kier molecular flexibility index (Phi) is 3.91. The molecule has 7 heteroatoms. The predicted molar refractivity (Wildman–Crippen MR) is 94.6 cm³/mol. The van der Waals surface area contributed by atoms with Crippen LogP contribution in [0.4, 0.5) is 10.1 Å². The van der Waals surface area contributed by atoms with Gasteiger partial charge in [-0.25, -0.2) is 9.37 Å². The van der Waals surface area contributed by atoms with Gasteiger partial charge in [0.2, 0.25) is 5.91 Å². The minimum atomic E-state index is -0.354. The molecule has 1 aliphatic rings. The lowest BCUT2D eigenvalue weighted by Crippen LogP contribution is -2.37. The normalized spacial score (nSPS) is 17.1. The van der Waals surface area contributed by atoms with Gasteiger partial charge in [0.25, 0.3) is 5.91 Å². The summed E-state index contributed by atoms with van der Waals surface area (Å²) in [7, 11) is 0. The summed E-state index contributed by atoms with van der Waals surface area (Å²) in [5.41, 5.74) is 2.64. The number of nitrogens with zero attached hydrogens (tertiary/aromatic N) is 3. The van der Waals surface area contributed by atoms with Crippen LogP contribution in [0.5, 0.6) is 0 Å². The Balaban J connectivity index is 1.48. The highest BCUT2D eigenvalue weighted by molar-refractivity contribution is 5.98. The number of halogens is 1. The van der Waals surface area contributed by atoms with Crippen molar-refractivity contribution in [3.05, 3.63) is 65.9 Å². The van der Waals surface area contributed by atoms with Crippen LogP contribution in [0.2, 0.25) is 0 Å². The zero-order chi connectivity index (χ0) is 18.3. The van der Waals surface area contributed by atoms with Crippen LogP contribution in [0.1, 0.15) is 22.5 Å². The van der Waals surface area contributed by atoms with Crippen molar-refractivity contribution in [3.8, 4) is 0 Å². The lowest BCUT2D eigenvalue weighted by Gasteiger charge is -2.17. The number of hydrogen-bond donors (Lipinski definition) is 1. The number of fused-ring (bicyclic) bond motifs is 1. The van der Waals surface area contributed by atoms with Crippen LogP contribution >= 0.6 is 0 Å². The fourth-order valence-electron chi connectivity index (χ4n) is 3.20. The van der Waals surface area contributed by atoms with Crippen LogP contribution < -0.4 is 10.2 Å². The van der Waals surface area contributed by atoms with Crippen molar-refractivity contribution in [2.24, 2.45) is 0 Å². The quantitative estimate of drug-likeness (QED) is 0.787. The van der Waals surface area contributed by atoms with Crippen molar-refractivity contribution in [1.29, 1.82) is 0 Å². The third-order valence-corrected chi connectivity index (χ3v) is 4.51. The molecule has 2 amide bonds. The van der Waals surface area contributed by atoms with E-state index >= 15 is 0 Å². The SMILES string of the molecule is Cc1cccn2cc(C(=O)N[C@H]3CC(=O)N(c4ccc(F)cc4)C3)nc12. The first-order chi connectivity index (χ1) is 12.5. The minimum absolute atomic E-state index is 0.104. The number of rotatable bonds is 3. The van der Waals surface area contributed by atoms with Gasteiger partial charge < -0.3 is 14.6 Å². The van der Waals surface area contributed by atoms with Crippen molar-refractivity contribution >= 4 is 23.1 Å². The van der Waals surface area contributed by atoms with Crippen molar-refractivity contribution in [2.45, 2.75) is 19.4 Å². The molecule has 4 rings (SSSR count). The van der Waals surface area contributed by atoms with Gasteiger partial charge >= 0.3 is 0 Å². The van der Waals surface area contributed by atoms with Crippen LogP contribution in [0.25, 0.3) is 5.65 Å². The van der Waals surface area contributed by atoms with E-state index in [1.54, 1.807) is 27.6 Å². The fourth-order valence-corrected chi connectivity index (χ4v) is 3.20. The molecular formula is C19H17FN4O2. The highest BCUT2D eigenvalue weighted by atomic mass is 19.1.